The summed E-state index contributed by atoms with van der Waals surface area (Å²) in [7, 11) is 0. The number of hydrogen-bond donors (Lipinski definition) is 2. The van der Waals surface area contributed by atoms with Gasteiger partial charge in [0.1, 0.15) is 5.60 Å². The van der Waals surface area contributed by atoms with E-state index in [1.54, 1.807) is 26.2 Å². The zero-order valence-electron chi connectivity index (χ0n) is 14.0. The van der Waals surface area contributed by atoms with Crippen LogP contribution < -0.4 is 5.73 Å². The van der Waals surface area contributed by atoms with Crippen molar-refractivity contribution in [3.05, 3.63) is 60.2 Å². The fraction of sp³-hybridized carbons (Fsp3) is 0.211. The zero-order chi connectivity index (χ0) is 17.3. The lowest BCUT2D eigenvalue weighted by Crippen LogP contribution is -2.19. The average molecular weight is 320 g/mol. The van der Waals surface area contributed by atoms with E-state index in [0.29, 0.717) is 11.5 Å². The Labute approximate surface area is 141 Å². The highest BCUT2D eigenvalue weighted by Gasteiger charge is 2.20. The molecule has 5 nitrogen and oxygen atoms in total. The minimum atomic E-state index is -1.07. The van der Waals surface area contributed by atoms with E-state index in [0.717, 1.165) is 28.1 Å². The van der Waals surface area contributed by atoms with Gasteiger partial charge in [-0.2, -0.15) is 0 Å². The summed E-state index contributed by atoms with van der Waals surface area (Å²) in [5.74, 6) is 0.377. The molecule has 0 saturated carbocycles. The Morgan fingerprint density at radius 2 is 1.58 bits per heavy atom. The van der Waals surface area contributed by atoms with E-state index in [1.165, 1.54) is 0 Å². The largest absolute Gasteiger partial charge is 0.397 e. The Morgan fingerprint density at radius 3 is 2.17 bits per heavy atom. The molecule has 2 heterocycles. The van der Waals surface area contributed by atoms with Crippen LogP contribution in [0.5, 0.6) is 0 Å². The van der Waals surface area contributed by atoms with Gasteiger partial charge in [0, 0.05) is 23.5 Å². The molecule has 1 aromatic carbocycles. The van der Waals surface area contributed by atoms with Crippen molar-refractivity contribution in [2.45, 2.75) is 26.4 Å². The highest BCUT2D eigenvalue weighted by Crippen LogP contribution is 2.30. The minimum absolute atomic E-state index is 0.377. The van der Waals surface area contributed by atoms with Crippen molar-refractivity contribution in [1.29, 1.82) is 0 Å². The maximum atomic E-state index is 9.98. The van der Waals surface area contributed by atoms with Gasteiger partial charge in [0.15, 0.2) is 5.82 Å². The average Bonchev–Trinajstić information content (AvgIpc) is 2.55. The van der Waals surface area contributed by atoms with E-state index < -0.39 is 5.60 Å². The van der Waals surface area contributed by atoms with E-state index in [-0.39, 0.29) is 0 Å². The van der Waals surface area contributed by atoms with Crippen LogP contribution in [0.15, 0.2) is 48.8 Å². The van der Waals surface area contributed by atoms with Gasteiger partial charge >= 0.3 is 0 Å². The lowest BCUT2D eigenvalue weighted by molar-refractivity contribution is 0.0687. The number of nitrogen functional groups attached to an aromatic ring is 1. The molecular weight excluding hydrogens is 300 g/mol. The second-order valence-corrected chi connectivity index (χ2v) is 6.31. The molecular formula is C19H20N4O. The van der Waals surface area contributed by atoms with Crippen LogP contribution in [-0.4, -0.2) is 20.1 Å². The van der Waals surface area contributed by atoms with Crippen LogP contribution in [0.4, 0.5) is 5.69 Å². The second-order valence-electron chi connectivity index (χ2n) is 6.31. The summed E-state index contributed by atoms with van der Waals surface area (Å²) in [6, 6.07) is 11.7. The van der Waals surface area contributed by atoms with Crippen molar-refractivity contribution < 1.29 is 5.11 Å². The Bertz CT molecular complexity index is 853. The smallest absolute Gasteiger partial charge is 0.159 e. The second kappa shape index (κ2) is 6.02. The van der Waals surface area contributed by atoms with Crippen molar-refractivity contribution in [3.63, 3.8) is 0 Å². The van der Waals surface area contributed by atoms with Crippen LogP contribution in [0.2, 0.25) is 0 Å². The summed E-state index contributed by atoms with van der Waals surface area (Å²) in [5.41, 5.74) is 9.94. The molecule has 122 valence electrons. The first-order valence-electron chi connectivity index (χ1n) is 7.74. The fourth-order valence-electron chi connectivity index (χ4n) is 2.52. The van der Waals surface area contributed by atoms with E-state index in [4.69, 9.17) is 10.7 Å². The number of nitrogens with zero attached hydrogens (tertiary/aromatic N) is 3. The van der Waals surface area contributed by atoms with Crippen molar-refractivity contribution >= 4 is 5.69 Å². The van der Waals surface area contributed by atoms with Gasteiger partial charge in [0.05, 0.1) is 17.1 Å². The Balaban J connectivity index is 2.08. The SMILES string of the molecule is Cc1cc(N)c(-c2ccccc2)nc1-c1cnc(C(C)(C)O)nc1. The summed E-state index contributed by atoms with van der Waals surface area (Å²) in [6.07, 6.45) is 3.36. The molecule has 5 heteroatoms. The highest BCUT2D eigenvalue weighted by molar-refractivity contribution is 5.77. The summed E-state index contributed by atoms with van der Waals surface area (Å²) in [4.78, 5) is 13.3. The molecule has 3 aromatic rings. The quantitative estimate of drug-likeness (QED) is 0.773. The van der Waals surface area contributed by atoms with Crippen molar-refractivity contribution in [1.82, 2.24) is 15.0 Å². The maximum Gasteiger partial charge on any atom is 0.159 e. The fourth-order valence-corrected chi connectivity index (χ4v) is 2.52. The summed E-state index contributed by atoms with van der Waals surface area (Å²) < 4.78 is 0. The monoisotopic (exact) mass is 320 g/mol. The predicted molar refractivity (Wildman–Crippen MR) is 95.1 cm³/mol. The van der Waals surface area contributed by atoms with Gasteiger partial charge in [-0.25, -0.2) is 15.0 Å². The highest BCUT2D eigenvalue weighted by atomic mass is 16.3. The molecule has 0 radical (unpaired) electrons. The first kappa shape index (κ1) is 16.1. The van der Waals surface area contributed by atoms with Gasteiger partial charge in [-0.05, 0) is 32.4 Å². The Hall–Kier alpha value is -2.79. The van der Waals surface area contributed by atoms with Gasteiger partial charge in [-0.1, -0.05) is 30.3 Å². The molecule has 0 aliphatic carbocycles. The number of aryl methyl sites for hydroxylation is 1. The number of pyridine rings is 1. The van der Waals surface area contributed by atoms with Crippen molar-refractivity contribution in [2.75, 3.05) is 5.73 Å². The van der Waals surface area contributed by atoms with E-state index in [2.05, 4.69) is 9.97 Å². The van der Waals surface area contributed by atoms with Crippen LogP contribution in [0, 0.1) is 6.92 Å². The van der Waals surface area contributed by atoms with Crippen LogP contribution in [0.1, 0.15) is 25.2 Å². The maximum absolute atomic E-state index is 9.98. The molecule has 3 rings (SSSR count). The number of aromatic nitrogens is 3. The number of aliphatic hydroxyl groups is 1. The standard InChI is InChI=1S/C19H20N4O/c1-12-9-15(20)17(13-7-5-4-6-8-13)23-16(12)14-10-21-18(22-11-14)19(2,3)24/h4-11,24H,20H2,1-3H3. The molecule has 0 fully saturated rings. The topological polar surface area (TPSA) is 84.9 Å². The van der Waals surface area contributed by atoms with E-state index in [9.17, 15) is 5.11 Å². The van der Waals surface area contributed by atoms with Gasteiger partial charge in [-0.3, -0.25) is 0 Å². The molecule has 0 spiro atoms. The third-order valence-corrected chi connectivity index (χ3v) is 3.76. The first-order valence-corrected chi connectivity index (χ1v) is 7.74. The van der Waals surface area contributed by atoms with Gasteiger partial charge in [0.2, 0.25) is 0 Å². The molecule has 2 aromatic heterocycles. The van der Waals surface area contributed by atoms with Crippen LogP contribution in [0.25, 0.3) is 22.5 Å². The van der Waals surface area contributed by atoms with Gasteiger partial charge in [0.25, 0.3) is 0 Å². The molecule has 0 bridgehead atoms. The van der Waals surface area contributed by atoms with Crippen molar-refractivity contribution in [3.8, 4) is 22.5 Å². The summed E-state index contributed by atoms with van der Waals surface area (Å²) in [6.45, 7) is 5.27. The molecule has 0 saturated heterocycles. The number of rotatable bonds is 3. The number of hydrogen-bond acceptors (Lipinski definition) is 5. The number of benzene rings is 1. The van der Waals surface area contributed by atoms with E-state index >= 15 is 0 Å². The third-order valence-electron chi connectivity index (χ3n) is 3.76. The van der Waals surface area contributed by atoms with Crippen LogP contribution in [-0.2, 0) is 5.60 Å². The third kappa shape index (κ3) is 3.12. The minimum Gasteiger partial charge on any atom is -0.397 e. The predicted octanol–water partition coefficient (Wildman–Crippen LogP) is 3.32. The summed E-state index contributed by atoms with van der Waals surface area (Å²) >= 11 is 0. The van der Waals surface area contributed by atoms with Crippen molar-refractivity contribution in [2.24, 2.45) is 0 Å². The molecule has 0 amide bonds. The van der Waals surface area contributed by atoms with Crippen LogP contribution in [0.3, 0.4) is 0 Å². The lowest BCUT2D eigenvalue weighted by atomic mass is 10.0. The Kier molecular flexibility index (Phi) is 4.03. The van der Waals surface area contributed by atoms with Crippen LogP contribution >= 0.6 is 0 Å². The Morgan fingerprint density at radius 1 is 0.958 bits per heavy atom. The normalized spacial score (nSPS) is 11.5. The molecule has 24 heavy (non-hydrogen) atoms. The molecule has 0 aliphatic heterocycles. The molecule has 0 aliphatic rings. The van der Waals surface area contributed by atoms with Gasteiger partial charge < -0.3 is 10.8 Å². The molecule has 3 N–H and O–H groups in total. The first-order chi connectivity index (χ1) is 11.4. The van der Waals surface area contributed by atoms with Gasteiger partial charge in [-0.15, -0.1) is 0 Å². The zero-order valence-corrected chi connectivity index (χ0v) is 14.0. The van der Waals surface area contributed by atoms with E-state index in [1.807, 2.05) is 43.3 Å². The molecule has 0 unspecified atom stereocenters. The number of anilines is 1. The molecule has 0 atom stereocenters. The lowest BCUT2D eigenvalue weighted by Gasteiger charge is -2.16. The number of nitrogens with two attached hydrogens (primary N) is 1. The summed E-state index contributed by atoms with van der Waals surface area (Å²) in [5, 5.41) is 9.98.